The molecular formula is C9H10INO2S. The molecule has 1 aromatic rings. The third kappa shape index (κ3) is 4.30. The van der Waals surface area contributed by atoms with Crippen molar-refractivity contribution in [1.82, 2.24) is 0 Å². The van der Waals surface area contributed by atoms with Crippen molar-refractivity contribution in [2.45, 2.75) is 5.75 Å². The van der Waals surface area contributed by atoms with Crippen LogP contribution in [0.5, 0.6) is 0 Å². The molecule has 1 atom stereocenters. The smallest absolute Gasteiger partial charge is 0.267 e. The molecule has 1 aromatic carbocycles. The predicted octanol–water partition coefficient (Wildman–Crippen LogP) is 1.03. The summed E-state index contributed by atoms with van der Waals surface area (Å²) in [4.78, 5) is 10.5. The molecule has 0 aliphatic heterocycles. The number of rotatable bonds is 4. The highest BCUT2D eigenvalue weighted by atomic mass is 127. The number of carbonyl (C=O) groups is 1. The third-order valence-electron chi connectivity index (χ3n) is 1.52. The fraction of sp³-hybridized carbons (Fsp3) is 0.222. The number of benzene rings is 1. The largest absolute Gasteiger partial charge is 0.616 e. The van der Waals surface area contributed by atoms with E-state index in [1.807, 2.05) is 24.3 Å². The van der Waals surface area contributed by atoms with Crippen LogP contribution in [0.25, 0.3) is 0 Å². The first-order valence-corrected chi connectivity index (χ1v) is 6.52. The fourth-order valence-corrected chi connectivity index (χ4v) is 2.60. The van der Waals surface area contributed by atoms with Crippen molar-refractivity contribution in [2.24, 2.45) is 5.73 Å². The van der Waals surface area contributed by atoms with Crippen molar-refractivity contribution in [2.75, 3.05) is 5.75 Å². The Bertz CT molecular complexity index is 332. The second-order valence-corrected chi connectivity index (χ2v) is 5.53. The summed E-state index contributed by atoms with van der Waals surface area (Å²) in [7, 11) is 0. The Morgan fingerprint density at radius 2 is 2.29 bits per heavy atom. The van der Waals surface area contributed by atoms with Gasteiger partial charge in [-0.2, -0.15) is 0 Å². The molecule has 0 spiro atoms. The number of primary amides is 1. The maximum atomic E-state index is 11.3. The lowest BCUT2D eigenvalue weighted by molar-refractivity contribution is -0.115. The van der Waals surface area contributed by atoms with Gasteiger partial charge in [0.15, 0.2) is 5.75 Å². The van der Waals surface area contributed by atoms with Gasteiger partial charge in [-0.25, -0.2) is 0 Å². The number of nitrogens with two attached hydrogens (primary N) is 1. The molecule has 5 heteroatoms. The highest BCUT2D eigenvalue weighted by Crippen LogP contribution is 2.11. The van der Waals surface area contributed by atoms with Crippen molar-refractivity contribution in [1.29, 1.82) is 0 Å². The average molecular weight is 323 g/mol. The van der Waals surface area contributed by atoms with Crippen LogP contribution in [-0.2, 0) is 21.7 Å². The minimum atomic E-state index is -1.19. The lowest BCUT2D eigenvalue weighted by Gasteiger charge is -2.08. The summed E-state index contributed by atoms with van der Waals surface area (Å²) >= 11 is 1.000. The minimum Gasteiger partial charge on any atom is -0.616 e. The van der Waals surface area contributed by atoms with Gasteiger partial charge in [-0.15, -0.1) is 0 Å². The summed E-state index contributed by atoms with van der Waals surface area (Å²) in [6.07, 6.45) is 0. The van der Waals surface area contributed by atoms with Gasteiger partial charge in [-0.1, -0.05) is 12.1 Å². The van der Waals surface area contributed by atoms with Gasteiger partial charge >= 0.3 is 0 Å². The van der Waals surface area contributed by atoms with Crippen molar-refractivity contribution in [3.63, 3.8) is 0 Å². The molecule has 0 fully saturated rings. The number of amides is 1. The predicted molar refractivity (Wildman–Crippen MR) is 65.1 cm³/mol. The maximum Gasteiger partial charge on any atom is 0.267 e. The molecule has 0 aromatic heterocycles. The van der Waals surface area contributed by atoms with Crippen molar-refractivity contribution in [3.05, 3.63) is 33.4 Å². The van der Waals surface area contributed by atoms with Crippen LogP contribution in [0.1, 0.15) is 5.56 Å². The zero-order chi connectivity index (χ0) is 10.6. The van der Waals surface area contributed by atoms with Gasteiger partial charge < -0.3 is 10.3 Å². The molecule has 1 amide bonds. The summed E-state index contributed by atoms with van der Waals surface area (Å²) in [5, 5.41) is 0. The zero-order valence-electron chi connectivity index (χ0n) is 7.40. The molecule has 76 valence electrons. The lowest BCUT2D eigenvalue weighted by Crippen LogP contribution is -2.24. The van der Waals surface area contributed by atoms with E-state index in [1.165, 1.54) is 0 Å². The van der Waals surface area contributed by atoms with Crippen LogP contribution in [0, 0.1) is 3.57 Å². The van der Waals surface area contributed by atoms with Crippen LogP contribution in [0.4, 0.5) is 0 Å². The van der Waals surface area contributed by atoms with E-state index in [-0.39, 0.29) is 5.75 Å². The Kier molecular flexibility index (Phi) is 4.70. The van der Waals surface area contributed by atoms with Crippen molar-refractivity contribution < 1.29 is 9.35 Å². The molecule has 2 N–H and O–H groups in total. The Balaban J connectivity index is 2.55. The van der Waals surface area contributed by atoms with Crippen molar-refractivity contribution >= 4 is 39.7 Å². The molecule has 14 heavy (non-hydrogen) atoms. The Morgan fingerprint density at radius 1 is 1.57 bits per heavy atom. The van der Waals surface area contributed by atoms with Gasteiger partial charge in [0.2, 0.25) is 0 Å². The van der Waals surface area contributed by atoms with Gasteiger partial charge in [-0.05, 0) is 45.9 Å². The first-order valence-electron chi connectivity index (χ1n) is 3.95. The normalized spacial score (nSPS) is 12.4. The third-order valence-corrected chi connectivity index (χ3v) is 3.45. The molecule has 0 aliphatic carbocycles. The number of carbonyl (C=O) groups excluding carboxylic acids is 1. The second-order valence-electron chi connectivity index (χ2n) is 2.82. The topological polar surface area (TPSA) is 66.2 Å². The van der Waals surface area contributed by atoms with Crippen molar-refractivity contribution in [3.8, 4) is 0 Å². The van der Waals surface area contributed by atoms with Crippen LogP contribution in [-0.4, -0.2) is 16.2 Å². The summed E-state index contributed by atoms with van der Waals surface area (Å²) in [6.45, 7) is 0. The van der Waals surface area contributed by atoms with E-state index in [0.29, 0.717) is 5.75 Å². The van der Waals surface area contributed by atoms with Crippen LogP contribution < -0.4 is 5.73 Å². The van der Waals surface area contributed by atoms with E-state index in [4.69, 9.17) is 5.73 Å². The monoisotopic (exact) mass is 323 g/mol. The maximum absolute atomic E-state index is 11.3. The fourth-order valence-electron chi connectivity index (χ4n) is 1.02. The van der Waals surface area contributed by atoms with Crippen LogP contribution >= 0.6 is 22.6 Å². The molecule has 0 radical (unpaired) electrons. The SMILES string of the molecule is NC(=O)C[S+]([O-])Cc1cccc(I)c1. The molecule has 0 aliphatic rings. The number of halogens is 1. The molecule has 3 nitrogen and oxygen atoms in total. The number of hydrogen-bond donors (Lipinski definition) is 1. The quantitative estimate of drug-likeness (QED) is 0.664. The van der Waals surface area contributed by atoms with Crippen LogP contribution in [0.2, 0.25) is 0 Å². The lowest BCUT2D eigenvalue weighted by atomic mass is 10.2. The van der Waals surface area contributed by atoms with Gasteiger partial charge in [0.1, 0.15) is 5.75 Å². The molecule has 0 bridgehead atoms. The molecular weight excluding hydrogens is 313 g/mol. The van der Waals surface area contributed by atoms with Crippen LogP contribution in [0.15, 0.2) is 24.3 Å². The number of hydrogen-bond acceptors (Lipinski definition) is 2. The van der Waals surface area contributed by atoms with E-state index in [2.05, 4.69) is 22.6 Å². The average Bonchev–Trinajstić information content (AvgIpc) is 2.01. The first kappa shape index (κ1) is 11.8. The van der Waals surface area contributed by atoms with E-state index in [0.717, 1.165) is 9.13 Å². The molecule has 0 saturated carbocycles. The van der Waals surface area contributed by atoms with Gasteiger partial charge in [0.25, 0.3) is 5.91 Å². The van der Waals surface area contributed by atoms with E-state index in [9.17, 15) is 9.35 Å². The Labute approximate surface area is 99.4 Å². The standard InChI is InChI=1S/C9H10INO2S/c10-8-3-1-2-7(4-8)5-14(13)6-9(11)12/h1-4H,5-6H2,(H2,11,12). The molecule has 1 rings (SSSR count). The second kappa shape index (κ2) is 5.57. The van der Waals surface area contributed by atoms with Gasteiger partial charge in [0, 0.05) is 9.13 Å². The Morgan fingerprint density at radius 3 is 2.86 bits per heavy atom. The Hall–Kier alpha value is -0.270. The molecule has 1 unspecified atom stereocenters. The van der Waals surface area contributed by atoms with Crippen LogP contribution in [0.3, 0.4) is 0 Å². The van der Waals surface area contributed by atoms with E-state index in [1.54, 1.807) is 0 Å². The zero-order valence-corrected chi connectivity index (χ0v) is 10.4. The molecule has 0 saturated heterocycles. The summed E-state index contributed by atoms with van der Waals surface area (Å²) < 4.78 is 12.4. The van der Waals surface area contributed by atoms with Gasteiger partial charge in [0.05, 0.1) is 0 Å². The minimum absolute atomic E-state index is 0.0640. The van der Waals surface area contributed by atoms with E-state index < -0.39 is 17.1 Å². The van der Waals surface area contributed by atoms with Gasteiger partial charge in [-0.3, -0.25) is 4.79 Å². The van der Waals surface area contributed by atoms with E-state index >= 15 is 0 Å². The first-order chi connectivity index (χ1) is 6.58. The summed E-state index contributed by atoms with van der Waals surface area (Å²) in [5.74, 6) is -0.195. The molecule has 0 heterocycles. The highest BCUT2D eigenvalue weighted by Gasteiger charge is 2.10. The summed E-state index contributed by atoms with van der Waals surface area (Å²) in [5.41, 5.74) is 5.91. The highest BCUT2D eigenvalue weighted by molar-refractivity contribution is 14.1. The summed E-state index contributed by atoms with van der Waals surface area (Å²) in [6, 6.07) is 7.69.